The Labute approximate surface area is 119 Å². The molecule has 1 heterocycles. The highest BCUT2D eigenvalue weighted by molar-refractivity contribution is 5.81. The number of rotatable bonds is 4. The molecule has 20 heavy (non-hydrogen) atoms. The molecule has 0 saturated heterocycles. The number of pyridine rings is 1. The molecule has 1 aromatic heterocycles. The van der Waals surface area contributed by atoms with Gasteiger partial charge in [-0.15, -0.1) is 0 Å². The Balaban J connectivity index is 1.79. The Bertz CT molecular complexity index is 699. The van der Waals surface area contributed by atoms with E-state index in [-0.39, 0.29) is 0 Å². The fourth-order valence-electron chi connectivity index (χ4n) is 2.26. The van der Waals surface area contributed by atoms with Crippen LogP contribution in [0.15, 0.2) is 60.8 Å². The van der Waals surface area contributed by atoms with Gasteiger partial charge in [-0.05, 0) is 36.2 Å². The molecule has 0 fully saturated rings. The molecule has 0 saturated carbocycles. The SMILES string of the molecule is CCc1ccc(OCc2ccnc3ccccc23)cc1. The summed E-state index contributed by atoms with van der Waals surface area (Å²) in [5.41, 5.74) is 3.50. The van der Waals surface area contributed by atoms with Crippen molar-refractivity contribution in [2.24, 2.45) is 0 Å². The van der Waals surface area contributed by atoms with E-state index >= 15 is 0 Å². The second kappa shape index (κ2) is 5.74. The van der Waals surface area contributed by atoms with Gasteiger partial charge in [-0.2, -0.15) is 0 Å². The molecule has 0 radical (unpaired) electrons. The molecule has 3 aromatic rings. The van der Waals surface area contributed by atoms with Crippen LogP contribution in [0.2, 0.25) is 0 Å². The van der Waals surface area contributed by atoms with Crippen LogP contribution in [0.3, 0.4) is 0 Å². The lowest BCUT2D eigenvalue weighted by molar-refractivity contribution is 0.307. The van der Waals surface area contributed by atoms with Crippen molar-refractivity contribution < 1.29 is 4.74 Å². The predicted molar refractivity (Wildman–Crippen MR) is 81.9 cm³/mol. The zero-order valence-electron chi connectivity index (χ0n) is 11.5. The highest BCUT2D eigenvalue weighted by atomic mass is 16.5. The van der Waals surface area contributed by atoms with Gasteiger partial charge in [0.25, 0.3) is 0 Å². The molecule has 0 spiro atoms. The Kier molecular flexibility index (Phi) is 3.64. The first-order valence-electron chi connectivity index (χ1n) is 6.91. The van der Waals surface area contributed by atoms with Crippen LogP contribution < -0.4 is 4.74 Å². The number of hydrogen-bond acceptors (Lipinski definition) is 2. The van der Waals surface area contributed by atoms with Gasteiger partial charge in [-0.1, -0.05) is 37.3 Å². The lowest BCUT2D eigenvalue weighted by atomic mass is 10.1. The van der Waals surface area contributed by atoms with Crippen molar-refractivity contribution in [1.29, 1.82) is 0 Å². The Morgan fingerprint density at radius 1 is 0.950 bits per heavy atom. The van der Waals surface area contributed by atoms with Gasteiger partial charge < -0.3 is 4.74 Å². The molecule has 100 valence electrons. The quantitative estimate of drug-likeness (QED) is 0.697. The van der Waals surface area contributed by atoms with Crippen LogP contribution in [0.5, 0.6) is 5.75 Å². The van der Waals surface area contributed by atoms with Crippen molar-refractivity contribution in [3.8, 4) is 5.75 Å². The average Bonchev–Trinajstić information content (AvgIpc) is 2.53. The maximum absolute atomic E-state index is 5.87. The summed E-state index contributed by atoms with van der Waals surface area (Å²) in [4.78, 5) is 4.36. The summed E-state index contributed by atoms with van der Waals surface area (Å²) < 4.78 is 5.87. The smallest absolute Gasteiger partial charge is 0.119 e. The van der Waals surface area contributed by atoms with Gasteiger partial charge in [0.2, 0.25) is 0 Å². The van der Waals surface area contributed by atoms with Crippen molar-refractivity contribution in [3.05, 3.63) is 71.9 Å². The van der Waals surface area contributed by atoms with Gasteiger partial charge >= 0.3 is 0 Å². The van der Waals surface area contributed by atoms with E-state index in [0.29, 0.717) is 6.61 Å². The van der Waals surface area contributed by atoms with Crippen molar-refractivity contribution in [2.75, 3.05) is 0 Å². The fraction of sp³-hybridized carbons (Fsp3) is 0.167. The molecule has 0 bridgehead atoms. The van der Waals surface area contributed by atoms with Crippen LogP contribution in [0.1, 0.15) is 18.1 Å². The van der Waals surface area contributed by atoms with Crippen LogP contribution in [0.4, 0.5) is 0 Å². The third kappa shape index (κ3) is 2.64. The van der Waals surface area contributed by atoms with Gasteiger partial charge in [0, 0.05) is 17.1 Å². The molecule has 0 aliphatic carbocycles. The van der Waals surface area contributed by atoms with Gasteiger partial charge in [-0.25, -0.2) is 0 Å². The van der Waals surface area contributed by atoms with Gasteiger partial charge in [0.05, 0.1) is 5.52 Å². The number of nitrogens with zero attached hydrogens (tertiary/aromatic N) is 1. The number of ether oxygens (including phenoxy) is 1. The molecular formula is C18H17NO. The topological polar surface area (TPSA) is 22.1 Å². The number of fused-ring (bicyclic) bond motifs is 1. The second-order valence-corrected chi connectivity index (χ2v) is 4.77. The molecule has 0 aliphatic rings. The third-order valence-corrected chi connectivity index (χ3v) is 3.47. The van der Waals surface area contributed by atoms with Crippen LogP contribution in [-0.4, -0.2) is 4.98 Å². The molecule has 0 N–H and O–H groups in total. The number of aryl methyl sites for hydroxylation is 1. The minimum Gasteiger partial charge on any atom is -0.489 e. The Morgan fingerprint density at radius 3 is 2.55 bits per heavy atom. The van der Waals surface area contributed by atoms with Crippen molar-refractivity contribution in [2.45, 2.75) is 20.0 Å². The molecule has 0 amide bonds. The number of para-hydroxylation sites is 1. The van der Waals surface area contributed by atoms with E-state index in [9.17, 15) is 0 Å². The number of aromatic nitrogens is 1. The summed E-state index contributed by atoms with van der Waals surface area (Å²) in [6, 6.07) is 18.4. The van der Waals surface area contributed by atoms with Crippen LogP contribution in [0.25, 0.3) is 10.9 Å². The van der Waals surface area contributed by atoms with E-state index < -0.39 is 0 Å². The van der Waals surface area contributed by atoms with E-state index in [4.69, 9.17) is 4.74 Å². The summed E-state index contributed by atoms with van der Waals surface area (Å²) >= 11 is 0. The number of hydrogen-bond donors (Lipinski definition) is 0. The summed E-state index contributed by atoms with van der Waals surface area (Å²) in [6.07, 6.45) is 2.89. The van der Waals surface area contributed by atoms with Crippen LogP contribution in [0, 0.1) is 0 Å². The number of benzene rings is 2. The zero-order valence-corrected chi connectivity index (χ0v) is 11.5. The molecule has 0 aliphatic heterocycles. The first kappa shape index (κ1) is 12.7. The summed E-state index contributed by atoms with van der Waals surface area (Å²) in [5.74, 6) is 0.906. The standard InChI is InChI=1S/C18H17NO/c1-2-14-7-9-16(10-8-14)20-13-15-11-12-19-18-6-4-3-5-17(15)18/h3-12H,2,13H2,1H3. The third-order valence-electron chi connectivity index (χ3n) is 3.47. The Morgan fingerprint density at radius 2 is 1.75 bits per heavy atom. The van der Waals surface area contributed by atoms with Crippen molar-refractivity contribution in [3.63, 3.8) is 0 Å². The summed E-state index contributed by atoms with van der Waals surface area (Å²) in [5, 5.41) is 1.15. The fourth-order valence-corrected chi connectivity index (χ4v) is 2.26. The highest BCUT2D eigenvalue weighted by Crippen LogP contribution is 2.19. The van der Waals surface area contributed by atoms with E-state index in [1.807, 2.05) is 42.6 Å². The maximum atomic E-state index is 5.87. The maximum Gasteiger partial charge on any atom is 0.119 e. The lowest BCUT2D eigenvalue weighted by Crippen LogP contribution is -1.97. The van der Waals surface area contributed by atoms with Crippen molar-refractivity contribution >= 4 is 10.9 Å². The predicted octanol–water partition coefficient (Wildman–Crippen LogP) is 4.38. The van der Waals surface area contributed by atoms with E-state index in [0.717, 1.165) is 28.6 Å². The van der Waals surface area contributed by atoms with Crippen LogP contribution >= 0.6 is 0 Å². The normalized spacial score (nSPS) is 10.7. The average molecular weight is 263 g/mol. The molecule has 2 heteroatoms. The first-order valence-corrected chi connectivity index (χ1v) is 6.91. The van der Waals surface area contributed by atoms with Crippen molar-refractivity contribution in [1.82, 2.24) is 4.98 Å². The van der Waals surface area contributed by atoms with Gasteiger partial charge in [-0.3, -0.25) is 4.98 Å². The molecule has 0 unspecified atom stereocenters. The summed E-state index contributed by atoms with van der Waals surface area (Å²) in [6.45, 7) is 2.72. The minimum atomic E-state index is 0.564. The second-order valence-electron chi connectivity index (χ2n) is 4.77. The molecule has 2 nitrogen and oxygen atoms in total. The monoisotopic (exact) mass is 263 g/mol. The molecular weight excluding hydrogens is 246 g/mol. The minimum absolute atomic E-state index is 0.564. The molecule has 3 rings (SSSR count). The largest absolute Gasteiger partial charge is 0.489 e. The first-order chi connectivity index (χ1) is 9.86. The van der Waals surface area contributed by atoms with E-state index in [1.165, 1.54) is 5.56 Å². The highest BCUT2D eigenvalue weighted by Gasteiger charge is 2.02. The van der Waals surface area contributed by atoms with Gasteiger partial charge in [0.15, 0.2) is 0 Å². The molecule has 2 aromatic carbocycles. The van der Waals surface area contributed by atoms with E-state index in [1.54, 1.807) is 0 Å². The van der Waals surface area contributed by atoms with E-state index in [2.05, 4.69) is 30.1 Å². The summed E-state index contributed by atoms with van der Waals surface area (Å²) in [7, 11) is 0. The molecule has 0 atom stereocenters. The zero-order chi connectivity index (χ0) is 13.8. The lowest BCUT2D eigenvalue weighted by Gasteiger charge is -2.09. The van der Waals surface area contributed by atoms with Gasteiger partial charge in [0.1, 0.15) is 12.4 Å². The Hall–Kier alpha value is -2.35. The van der Waals surface area contributed by atoms with Crippen LogP contribution in [-0.2, 0) is 13.0 Å².